The summed E-state index contributed by atoms with van der Waals surface area (Å²) in [5, 5.41) is 3.34. The number of halogens is 2. The number of piperidine rings is 1. The maximum atomic E-state index is 13.0. The number of anilines is 1. The van der Waals surface area contributed by atoms with E-state index in [0.29, 0.717) is 23.6 Å². The van der Waals surface area contributed by atoms with Crippen molar-refractivity contribution in [3.8, 4) is 0 Å². The third-order valence-corrected chi connectivity index (χ3v) is 6.52. The molecule has 1 amide bonds. The Bertz CT molecular complexity index is 895. The molecule has 0 aromatic heterocycles. The molecule has 1 fully saturated rings. The molecule has 8 heteroatoms. The monoisotopic (exact) mass is 396 g/mol. The average Bonchev–Trinajstić information content (AvgIpc) is 2.62. The van der Waals surface area contributed by atoms with Gasteiger partial charge in [0.15, 0.2) is 0 Å². The molecule has 0 aliphatic carbocycles. The van der Waals surface area contributed by atoms with Crippen molar-refractivity contribution in [3.05, 3.63) is 59.4 Å². The van der Waals surface area contributed by atoms with Crippen molar-refractivity contribution in [2.75, 3.05) is 18.4 Å². The van der Waals surface area contributed by atoms with Gasteiger partial charge in [-0.2, -0.15) is 4.31 Å². The highest BCUT2D eigenvalue weighted by atomic mass is 35.5. The van der Waals surface area contributed by atoms with Crippen LogP contribution in [0.3, 0.4) is 0 Å². The van der Waals surface area contributed by atoms with Gasteiger partial charge in [-0.1, -0.05) is 17.7 Å². The first-order chi connectivity index (χ1) is 12.4. The van der Waals surface area contributed by atoms with E-state index in [9.17, 15) is 17.6 Å². The summed E-state index contributed by atoms with van der Waals surface area (Å²) in [5.41, 5.74) is 0.615. The van der Waals surface area contributed by atoms with Gasteiger partial charge in [-0.3, -0.25) is 4.79 Å². The highest BCUT2D eigenvalue weighted by Gasteiger charge is 2.32. The molecule has 138 valence electrons. The number of carbonyl (C=O) groups excluding carboxylic acids is 1. The minimum Gasteiger partial charge on any atom is -0.326 e. The lowest BCUT2D eigenvalue weighted by molar-refractivity contribution is -0.120. The van der Waals surface area contributed by atoms with Crippen LogP contribution >= 0.6 is 11.6 Å². The van der Waals surface area contributed by atoms with E-state index in [1.165, 1.54) is 16.4 Å². The molecule has 1 aliphatic heterocycles. The number of amides is 1. The lowest BCUT2D eigenvalue weighted by atomic mass is 9.97. The van der Waals surface area contributed by atoms with Crippen LogP contribution in [0.2, 0.25) is 5.02 Å². The smallest absolute Gasteiger partial charge is 0.243 e. The second-order valence-electron chi connectivity index (χ2n) is 6.13. The Hall–Kier alpha value is -1.96. The fourth-order valence-corrected chi connectivity index (χ4v) is 4.58. The van der Waals surface area contributed by atoms with Crippen LogP contribution in [-0.2, 0) is 14.8 Å². The molecule has 3 rings (SSSR count). The van der Waals surface area contributed by atoms with Crippen molar-refractivity contribution >= 4 is 33.2 Å². The first-order valence-electron chi connectivity index (χ1n) is 8.18. The number of hydrogen-bond donors (Lipinski definition) is 1. The van der Waals surface area contributed by atoms with Gasteiger partial charge in [-0.25, -0.2) is 12.8 Å². The Morgan fingerprint density at radius 2 is 1.77 bits per heavy atom. The first-order valence-corrected chi connectivity index (χ1v) is 10.0. The molecule has 26 heavy (non-hydrogen) atoms. The third-order valence-electron chi connectivity index (χ3n) is 4.37. The van der Waals surface area contributed by atoms with Crippen molar-refractivity contribution in [2.24, 2.45) is 5.92 Å². The Morgan fingerprint density at radius 3 is 2.38 bits per heavy atom. The van der Waals surface area contributed by atoms with E-state index in [2.05, 4.69) is 5.32 Å². The number of benzene rings is 2. The summed E-state index contributed by atoms with van der Waals surface area (Å²) in [7, 11) is -3.67. The van der Waals surface area contributed by atoms with E-state index in [-0.39, 0.29) is 29.8 Å². The fraction of sp³-hybridized carbons (Fsp3) is 0.278. The Kier molecular flexibility index (Phi) is 5.60. The average molecular weight is 397 g/mol. The fourth-order valence-electron chi connectivity index (χ4n) is 2.92. The standard InChI is InChI=1S/C18H18ClFN2O3S/c19-14-2-1-3-16(12-14)21-18(23)13-8-10-22(11-9-13)26(24,25)17-6-4-15(20)5-7-17/h1-7,12-13H,8-11H2,(H,21,23). The molecule has 2 aromatic carbocycles. The van der Waals surface area contributed by atoms with Gasteiger partial charge in [-0.15, -0.1) is 0 Å². The van der Waals surface area contributed by atoms with Crippen molar-refractivity contribution in [2.45, 2.75) is 17.7 Å². The van der Waals surface area contributed by atoms with Crippen molar-refractivity contribution in [3.63, 3.8) is 0 Å². The number of nitrogens with zero attached hydrogens (tertiary/aromatic N) is 1. The summed E-state index contributed by atoms with van der Waals surface area (Å²) < 4.78 is 39.5. The molecule has 0 spiro atoms. The van der Waals surface area contributed by atoms with Gasteiger partial charge in [0.05, 0.1) is 4.90 Å². The predicted molar refractivity (Wildman–Crippen MR) is 98.0 cm³/mol. The van der Waals surface area contributed by atoms with Crippen LogP contribution in [0.1, 0.15) is 12.8 Å². The van der Waals surface area contributed by atoms with Gasteiger partial charge < -0.3 is 5.32 Å². The van der Waals surface area contributed by atoms with Gasteiger partial charge >= 0.3 is 0 Å². The maximum absolute atomic E-state index is 13.0. The van der Waals surface area contributed by atoms with Crippen molar-refractivity contribution in [1.82, 2.24) is 4.31 Å². The molecule has 0 radical (unpaired) electrons. The normalized spacial score (nSPS) is 16.4. The number of sulfonamides is 1. The summed E-state index contributed by atoms with van der Waals surface area (Å²) in [4.78, 5) is 12.4. The zero-order chi connectivity index (χ0) is 18.7. The zero-order valence-electron chi connectivity index (χ0n) is 13.9. The van der Waals surface area contributed by atoms with E-state index in [1.54, 1.807) is 24.3 Å². The molecule has 0 saturated carbocycles. The molecule has 0 unspecified atom stereocenters. The van der Waals surface area contributed by atoms with Crippen LogP contribution in [0.5, 0.6) is 0 Å². The van der Waals surface area contributed by atoms with E-state index < -0.39 is 15.8 Å². The summed E-state index contributed by atoms with van der Waals surface area (Å²) >= 11 is 5.90. The molecule has 1 saturated heterocycles. The van der Waals surface area contributed by atoms with Crippen LogP contribution in [0.15, 0.2) is 53.4 Å². The second-order valence-corrected chi connectivity index (χ2v) is 8.51. The maximum Gasteiger partial charge on any atom is 0.243 e. The molecule has 0 atom stereocenters. The first kappa shape index (κ1) is 18.8. The highest BCUT2D eigenvalue weighted by Crippen LogP contribution is 2.25. The van der Waals surface area contributed by atoms with E-state index in [4.69, 9.17) is 11.6 Å². The highest BCUT2D eigenvalue weighted by molar-refractivity contribution is 7.89. The van der Waals surface area contributed by atoms with Gasteiger partial charge in [0, 0.05) is 29.7 Å². The summed E-state index contributed by atoms with van der Waals surface area (Å²) in [6, 6.07) is 11.6. The van der Waals surface area contributed by atoms with Crippen LogP contribution in [-0.4, -0.2) is 31.7 Å². The lowest BCUT2D eigenvalue weighted by Crippen LogP contribution is -2.41. The number of carbonyl (C=O) groups is 1. The quantitative estimate of drug-likeness (QED) is 0.859. The second kappa shape index (κ2) is 7.73. The van der Waals surface area contributed by atoms with Gasteiger partial charge in [0.2, 0.25) is 15.9 Å². The number of hydrogen-bond acceptors (Lipinski definition) is 3. The summed E-state index contributed by atoms with van der Waals surface area (Å²) in [6.45, 7) is 0.487. The van der Waals surface area contributed by atoms with Crippen molar-refractivity contribution in [1.29, 1.82) is 0 Å². The van der Waals surface area contributed by atoms with E-state index >= 15 is 0 Å². The molecule has 1 aliphatic rings. The Morgan fingerprint density at radius 1 is 1.12 bits per heavy atom. The largest absolute Gasteiger partial charge is 0.326 e. The molecule has 0 bridgehead atoms. The van der Waals surface area contributed by atoms with Crippen molar-refractivity contribution < 1.29 is 17.6 Å². The van der Waals surface area contributed by atoms with Gasteiger partial charge in [0.1, 0.15) is 5.82 Å². The van der Waals surface area contributed by atoms with Crippen LogP contribution < -0.4 is 5.32 Å². The molecule has 5 nitrogen and oxygen atoms in total. The van der Waals surface area contributed by atoms with E-state index in [1.807, 2.05) is 0 Å². The topological polar surface area (TPSA) is 66.5 Å². The van der Waals surface area contributed by atoms with Gasteiger partial charge in [0.25, 0.3) is 0 Å². The third kappa shape index (κ3) is 4.23. The minimum atomic E-state index is -3.67. The Labute approximate surface area is 156 Å². The van der Waals surface area contributed by atoms with E-state index in [0.717, 1.165) is 12.1 Å². The lowest BCUT2D eigenvalue weighted by Gasteiger charge is -2.30. The zero-order valence-corrected chi connectivity index (χ0v) is 15.4. The van der Waals surface area contributed by atoms with Gasteiger partial charge in [-0.05, 0) is 55.3 Å². The summed E-state index contributed by atoms with van der Waals surface area (Å²) in [6.07, 6.45) is 0.847. The van der Waals surface area contributed by atoms with Crippen LogP contribution in [0.4, 0.5) is 10.1 Å². The molecule has 1 N–H and O–H groups in total. The minimum absolute atomic E-state index is 0.0562. The molecular formula is C18H18ClFN2O3S. The molecule has 2 aromatic rings. The molecule has 1 heterocycles. The van der Waals surface area contributed by atoms with Crippen LogP contribution in [0.25, 0.3) is 0 Å². The number of rotatable bonds is 4. The summed E-state index contributed by atoms with van der Waals surface area (Å²) in [5.74, 6) is -0.903. The predicted octanol–water partition coefficient (Wildman–Crippen LogP) is 3.52. The van der Waals surface area contributed by atoms with Crippen LogP contribution in [0, 0.1) is 11.7 Å². The SMILES string of the molecule is O=C(Nc1cccc(Cl)c1)C1CCN(S(=O)(=O)c2ccc(F)cc2)CC1. The molecular weight excluding hydrogens is 379 g/mol. The number of nitrogens with one attached hydrogen (secondary N) is 1. The Balaban J connectivity index is 1.61.